The summed E-state index contributed by atoms with van der Waals surface area (Å²) in [5, 5.41) is 12.0. The number of carbonyl (C=O) groups is 2. The molecule has 0 saturated carbocycles. The molecular weight excluding hydrogens is 246 g/mol. The molecule has 1 aromatic rings. The Morgan fingerprint density at radius 3 is 2.63 bits per heavy atom. The largest absolute Gasteiger partial charge is 0.508 e. The number of phenolic OH excluding ortho intramolecular Hbond substituents is 1. The smallest absolute Gasteiger partial charge is 0.328 e. The topological polar surface area (TPSA) is 75.6 Å². The fourth-order valence-electron chi connectivity index (χ4n) is 1.67. The van der Waals surface area contributed by atoms with E-state index in [0.717, 1.165) is 6.42 Å². The van der Waals surface area contributed by atoms with E-state index in [4.69, 9.17) is 4.74 Å². The van der Waals surface area contributed by atoms with Gasteiger partial charge in [0.25, 0.3) is 5.91 Å². The molecule has 2 atom stereocenters. The maximum atomic E-state index is 12.0. The van der Waals surface area contributed by atoms with Gasteiger partial charge in [0.05, 0.1) is 7.11 Å². The van der Waals surface area contributed by atoms with E-state index in [1.165, 1.54) is 19.2 Å². The van der Waals surface area contributed by atoms with Crippen molar-refractivity contribution in [2.45, 2.75) is 26.3 Å². The van der Waals surface area contributed by atoms with Gasteiger partial charge >= 0.3 is 5.97 Å². The van der Waals surface area contributed by atoms with Crippen LogP contribution in [-0.2, 0) is 9.53 Å². The van der Waals surface area contributed by atoms with Gasteiger partial charge < -0.3 is 15.2 Å². The summed E-state index contributed by atoms with van der Waals surface area (Å²) in [6.45, 7) is 3.80. The van der Waals surface area contributed by atoms with Gasteiger partial charge in [0.15, 0.2) is 0 Å². The van der Waals surface area contributed by atoms with Crippen molar-refractivity contribution in [2.75, 3.05) is 7.11 Å². The highest BCUT2D eigenvalue weighted by atomic mass is 16.5. The number of methoxy groups -OCH3 is 1. The summed E-state index contributed by atoms with van der Waals surface area (Å²) in [5.74, 6) is -0.908. The number of rotatable bonds is 5. The number of amides is 1. The average Bonchev–Trinajstić information content (AvgIpc) is 2.42. The van der Waals surface area contributed by atoms with E-state index >= 15 is 0 Å². The van der Waals surface area contributed by atoms with Crippen LogP contribution in [-0.4, -0.2) is 30.1 Å². The second kappa shape index (κ2) is 6.78. The molecule has 19 heavy (non-hydrogen) atoms. The van der Waals surface area contributed by atoms with E-state index in [0.29, 0.717) is 5.56 Å². The molecule has 104 valence electrons. The first kappa shape index (κ1) is 15.0. The van der Waals surface area contributed by atoms with Crippen molar-refractivity contribution < 1.29 is 19.4 Å². The molecule has 5 heteroatoms. The highest BCUT2D eigenvalue weighted by Crippen LogP contribution is 2.13. The monoisotopic (exact) mass is 265 g/mol. The Hall–Kier alpha value is -2.04. The lowest BCUT2D eigenvalue weighted by molar-refractivity contribution is -0.144. The molecule has 1 amide bonds. The Morgan fingerprint density at radius 2 is 2.11 bits per heavy atom. The van der Waals surface area contributed by atoms with Crippen LogP contribution in [0.5, 0.6) is 5.75 Å². The van der Waals surface area contributed by atoms with Gasteiger partial charge in [0.2, 0.25) is 0 Å². The molecule has 0 aliphatic heterocycles. The maximum absolute atomic E-state index is 12.0. The van der Waals surface area contributed by atoms with E-state index in [1.807, 2.05) is 13.8 Å². The molecule has 0 aliphatic rings. The van der Waals surface area contributed by atoms with Crippen molar-refractivity contribution in [1.29, 1.82) is 0 Å². The second-order valence-corrected chi connectivity index (χ2v) is 4.41. The van der Waals surface area contributed by atoms with E-state index in [2.05, 4.69) is 5.32 Å². The highest BCUT2D eigenvalue weighted by Gasteiger charge is 2.27. The third-order valence-corrected chi connectivity index (χ3v) is 3.06. The van der Waals surface area contributed by atoms with Crippen LogP contribution in [0.2, 0.25) is 0 Å². The molecule has 0 aromatic heterocycles. The molecule has 0 bridgehead atoms. The van der Waals surface area contributed by atoms with Gasteiger partial charge in [-0.15, -0.1) is 0 Å². The van der Waals surface area contributed by atoms with E-state index in [9.17, 15) is 14.7 Å². The molecule has 2 N–H and O–H groups in total. The summed E-state index contributed by atoms with van der Waals surface area (Å²) in [6.07, 6.45) is 0.736. The average molecular weight is 265 g/mol. The summed E-state index contributed by atoms with van der Waals surface area (Å²) in [5.41, 5.74) is 0.303. The maximum Gasteiger partial charge on any atom is 0.328 e. The fourth-order valence-corrected chi connectivity index (χ4v) is 1.67. The Bertz CT molecular complexity index is 459. The standard InChI is InChI=1S/C14H19NO4/c1-4-9(2)12(14(18)19-3)15-13(17)10-6-5-7-11(16)8-10/h5-9,12,16H,4H2,1-3H3,(H,15,17)/t9-,12+/m1/s1. The third kappa shape index (κ3) is 3.98. The molecule has 0 spiro atoms. The van der Waals surface area contributed by atoms with Crippen LogP contribution in [0.4, 0.5) is 0 Å². The Balaban J connectivity index is 2.84. The highest BCUT2D eigenvalue weighted by molar-refractivity contribution is 5.97. The number of ether oxygens (including phenoxy) is 1. The van der Waals surface area contributed by atoms with Crippen molar-refractivity contribution in [2.24, 2.45) is 5.92 Å². The molecule has 1 aromatic carbocycles. The summed E-state index contributed by atoms with van der Waals surface area (Å²) < 4.78 is 4.69. The van der Waals surface area contributed by atoms with Crippen LogP contribution in [0, 0.1) is 5.92 Å². The number of benzene rings is 1. The first-order valence-electron chi connectivity index (χ1n) is 6.17. The lowest BCUT2D eigenvalue weighted by atomic mass is 9.99. The number of esters is 1. The SMILES string of the molecule is CC[C@@H](C)[C@H](NC(=O)c1cccc(O)c1)C(=O)OC. The van der Waals surface area contributed by atoms with Crippen molar-refractivity contribution >= 4 is 11.9 Å². The number of hydrogen-bond acceptors (Lipinski definition) is 4. The minimum Gasteiger partial charge on any atom is -0.508 e. The second-order valence-electron chi connectivity index (χ2n) is 4.41. The minimum absolute atomic E-state index is 0.00538. The van der Waals surface area contributed by atoms with E-state index in [1.54, 1.807) is 12.1 Å². The van der Waals surface area contributed by atoms with E-state index in [-0.39, 0.29) is 11.7 Å². The zero-order valence-electron chi connectivity index (χ0n) is 11.3. The van der Waals surface area contributed by atoms with Crippen LogP contribution in [0.15, 0.2) is 24.3 Å². The molecule has 0 fully saturated rings. The van der Waals surface area contributed by atoms with Crippen molar-refractivity contribution in [1.82, 2.24) is 5.32 Å². The molecular formula is C14H19NO4. The first-order valence-corrected chi connectivity index (χ1v) is 6.17. The predicted molar refractivity (Wildman–Crippen MR) is 70.8 cm³/mol. The molecule has 5 nitrogen and oxygen atoms in total. The molecule has 0 radical (unpaired) electrons. The van der Waals surface area contributed by atoms with Crippen LogP contribution < -0.4 is 5.32 Å². The number of nitrogens with one attached hydrogen (secondary N) is 1. The fraction of sp³-hybridized carbons (Fsp3) is 0.429. The van der Waals surface area contributed by atoms with Gasteiger partial charge in [-0.2, -0.15) is 0 Å². The summed E-state index contributed by atoms with van der Waals surface area (Å²) in [4.78, 5) is 23.7. The van der Waals surface area contributed by atoms with Crippen molar-refractivity contribution in [3.63, 3.8) is 0 Å². The van der Waals surface area contributed by atoms with Crippen molar-refractivity contribution in [3.8, 4) is 5.75 Å². The zero-order valence-corrected chi connectivity index (χ0v) is 11.3. The van der Waals surface area contributed by atoms with Crippen LogP contribution in [0.25, 0.3) is 0 Å². The lowest BCUT2D eigenvalue weighted by Gasteiger charge is -2.21. The van der Waals surface area contributed by atoms with Gasteiger partial charge in [-0.25, -0.2) is 4.79 Å². The van der Waals surface area contributed by atoms with Gasteiger partial charge in [-0.1, -0.05) is 26.3 Å². The number of aromatic hydroxyl groups is 1. The zero-order chi connectivity index (χ0) is 14.4. The summed E-state index contributed by atoms with van der Waals surface area (Å²) in [6, 6.07) is 5.27. The molecule has 0 saturated heterocycles. The van der Waals surface area contributed by atoms with Gasteiger partial charge in [0.1, 0.15) is 11.8 Å². The Kier molecular flexibility index (Phi) is 5.36. The molecule has 0 aliphatic carbocycles. The lowest BCUT2D eigenvalue weighted by Crippen LogP contribution is -2.45. The number of hydrogen-bond donors (Lipinski definition) is 2. The van der Waals surface area contributed by atoms with Crippen molar-refractivity contribution in [3.05, 3.63) is 29.8 Å². The number of carbonyl (C=O) groups excluding carboxylic acids is 2. The van der Waals surface area contributed by atoms with Gasteiger partial charge in [0, 0.05) is 5.56 Å². The van der Waals surface area contributed by atoms with Crippen LogP contribution >= 0.6 is 0 Å². The molecule has 0 heterocycles. The van der Waals surface area contributed by atoms with E-state index < -0.39 is 17.9 Å². The number of phenols is 1. The first-order chi connectivity index (χ1) is 8.99. The van der Waals surface area contributed by atoms with Gasteiger partial charge in [-0.3, -0.25) is 4.79 Å². The Morgan fingerprint density at radius 1 is 1.42 bits per heavy atom. The molecule has 1 rings (SSSR count). The van der Waals surface area contributed by atoms with Crippen LogP contribution in [0.1, 0.15) is 30.6 Å². The quantitative estimate of drug-likeness (QED) is 0.795. The van der Waals surface area contributed by atoms with Crippen LogP contribution in [0.3, 0.4) is 0 Å². The summed E-state index contributed by atoms with van der Waals surface area (Å²) in [7, 11) is 1.29. The minimum atomic E-state index is -0.690. The predicted octanol–water partition coefficient (Wildman–Crippen LogP) is 1.71. The summed E-state index contributed by atoms with van der Waals surface area (Å²) >= 11 is 0. The normalized spacial score (nSPS) is 13.4. The Labute approximate surface area is 112 Å². The molecule has 0 unspecified atom stereocenters. The third-order valence-electron chi connectivity index (χ3n) is 3.06. The van der Waals surface area contributed by atoms with Gasteiger partial charge in [-0.05, 0) is 24.1 Å².